The molecule has 0 aliphatic carbocycles. The molecule has 0 aromatic heterocycles. The second-order valence-corrected chi connectivity index (χ2v) is 8.41. The van der Waals surface area contributed by atoms with Crippen LogP contribution in [-0.2, 0) is 24.2 Å². The third-order valence-electron chi connectivity index (χ3n) is 4.08. The lowest BCUT2D eigenvalue weighted by Crippen LogP contribution is -2.48. The van der Waals surface area contributed by atoms with Gasteiger partial charge in [0.15, 0.2) is 0 Å². The smallest absolute Gasteiger partial charge is 0.251 e. The van der Waals surface area contributed by atoms with Crippen LogP contribution in [-0.4, -0.2) is 77.4 Å². The number of ether oxygens (including phenoxy) is 3. The van der Waals surface area contributed by atoms with Gasteiger partial charge in [0.1, 0.15) is 0 Å². The lowest BCUT2D eigenvalue weighted by atomic mass is 10.2. The second kappa shape index (κ2) is 10.1. The number of nitrogens with zero attached hydrogens (tertiary/aromatic N) is 1. The maximum Gasteiger partial charge on any atom is 0.251 e. The number of morpholine rings is 1. The van der Waals surface area contributed by atoms with Gasteiger partial charge >= 0.3 is 0 Å². The Kier molecular flexibility index (Phi) is 8.18. The molecule has 1 heterocycles. The van der Waals surface area contributed by atoms with E-state index in [2.05, 4.69) is 5.32 Å². The zero-order valence-electron chi connectivity index (χ0n) is 16.0. The van der Waals surface area contributed by atoms with Crippen molar-refractivity contribution in [2.24, 2.45) is 0 Å². The van der Waals surface area contributed by atoms with Crippen LogP contribution in [0.25, 0.3) is 0 Å². The van der Waals surface area contributed by atoms with E-state index in [1.807, 2.05) is 13.8 Å². The van der Waals surface area contributed by atoms with Crippen molar-refractivity contribution in [3.05, 3.63) is 29.8 Å². The molecule has 8 nitrogen and oxygen atoms in total. The average molecular weight is 400 g/mol. The number of carbonyl (C=O) groups is 1. The summed E-state index contributed by atoms with van der Waals surface area (Å²) in [6, 6.07) is 6.07. The van der Waals surface area contributed by atoms with Gasteiger partial charge in [0.2, 0.25) is 10.0 Å². The third kappa shape index (κ3) is 6.25. The van der Waals surface area contributed by atoms with Gasteiger partial charge in [-0.15, -0.1) is 0 Å². The molecule has 152 valence electrons. The highest BCUT2D eigenvalue weighted by molar-refractivity contribution is 7.89. The van der Waals surface area contributed by atoms with E-state index in [1.165, 1.54) is 16.4 Å². The molecular weight excluding hydrogens is 372 g/mol. The van der Waals surface area contributed by atoms with Crippen LogP contribution in [0.15, 0.2) is 29.2 Å². The summed E-state index contributed by atoms with van der Waals surface area (Å²) in [6.45, 7) is 5.91. The predicted octanol–water partition coefficient (Wildman–Crippen LogP) is 0.877. The van der Waals surface area contributed by atoms with Crippen LogP contribution in [0, 0.1) is 0 Å². The minimum absolute atomic E-state index is 0.104. The summed E-state index contributed by atoms with van der Waals surface area (Å²) >= 11 is 0. The quantitative estimate of drug-likeness (QED) is 0.619. The zero-order valence-corrected chi connectivity index (χ0v) is 16.8. The molecule has 1 fully saturated rings. The van der Waals surface area contributed by atoms with Gasteiger partial charge in [-0.2, -0.15) is 4.31 Å². The van der Waals surface area contributed by atoms with E-state index in [9.17, 15) is 13.2 Å². The zero-order chi connectivity index (χ0) is 19.9. The number of nitrogens with one attached hydrogen (secondary N) is 1. The number of sulfonamides is 1. The van der Waals surface area contributed by atoms with E-state index in [1.54, 1.807) is 19.2 Å². The fourth-order valence-electron chi connectivity index (χ4n) is 2.86. The summed E-state index contributed by atoms with van der Waals surface area (Å²) in [4.78, 5) is 12.4. The SMILES string of the molecule is COCCOCCNC(=O)c1cccc(S(=O)(=O)N2C[C@@H](C)O[C@H](C)C2)c1. The van der Waals surface area contributed by atoms with Crippen molar-refractivity contribution in [1.82, 2.24) is 9.62 Å². The first-order chi connectivity index (χ1) is 12.8. The molecule has 1 saturated heterocycles. The summed E-state index contributed by atoms with van der Waals surface area (Å²) in [5, 5.41) is 2.72. The molecule has 1 aromatic carbocycles. The van der Waals surface area contributed by atoms with E-state index in [0.29, 0.717) is 45.0 Å². The van der Waals surface area contributed by atoms with Crippen molar-refractivity contribution in [1.29, 1.82) is 0 Å². The monoisotopic (exact) mass is 400 g/mol. The van der Waals surface area contributed by atoms with Gasteiger partial charge in [0, 0.05) is 32.3 Å². The van der Waals surface area contributed by atoms with Gasteiger partial charge in [0.25, 0.3) is 5.91 Å². The van der Waals surface area contributed by atoms with E-state index in [-0.39, 0.29) is 23.0 Å². The van der Waals surface area contributed by atoms with Crippen molar-refractivity contribution in [2.45, 2.75) is 31.0 Å². The van der Waals surface area contributed by atoms with Crippen molar-refractivity contribution < 1.29 is 27.4 Å². The Morgan fingerprint density at radius 3 is 2.59 bits per heavy atom. The van der Waals surface area contributed by atoms with Gasteiger partial charge < -0.3 is 19.5 Å². The van der Waals surface area contributed by atoms with Gasteiger partial charge in [-0.1, -0.05) is 6.07 Å². The molecule has 9 heteroatoms. The largest absolute Gasteiger partial charge is 0.382 e. The van der Waals surface area contributed by atoms with Crippen molar-refractivity contribution in [3.63, 3.8) is 0 Å². The highest BCUT2D eigenvalue weighted by Gasteiger charge is 2.32. The molecule has 2 rings (SSSR count). The highest BCUT2D eigenvalue weighted by Crippen LogP contribution is 2.21. The standard InChI is InChI=1S/C18H28N2O6S/c1-14-12-20(13-15(2)26-14)27(22,23)17-6-4-5-16(11-17)18(21)19-7-8-25-10-9-24-3/h4-6,11,14-15H,7-10,12-13H2,1-3H3,(H,19,21)/t14-,15-/m1/s1. The lowest BCUT2D eigenvalue weighted by Gasteiger charge is -2.34. The van der Waals surface area contributed by atoms with E-state index >= 15 is 0 Å². The summed E-state index contributed by atoms with van der Waals surface area (Å²) in [5.41, 5.74) is 0.294. The lowest BCUT2D eigenvalue weighted by molar-refractivity contribution is -0.0440. The molecule has 1 amide bonds. The molecule has 1 aliphatic heterocycles. The highest BCUT2D eigenvalue weighted by atomic mass is 32.2. The fourth-order valence-corrected chi connectivity index (χ4v) is 4.49. The number of carbonyl (C=O) groups excluding carboxylic acids is 1. The van der Waals surface area contributed by atoms with Crippen molar-refractivity contribution >= 4 is 15.9 Å². The Hall–Kier alpha value is -1.52. The Morgan fingerprint density at radius 1 is 1.22 bits per heavy atom. The Balaban J connectivity index is 2.00. The number of hydrogen-bond donors (Lipinski definition) is 1. The number of amides is 1. The number of rotatable bonds is 9. The predicted molar refractivity (Wildman–Crippen MR) is 100 cm³/mol. The Labute approximate surface area is 160 Å². The van der Waals surface area contributed by atoms with Crippen LogP contribution >= 0.6 is 0 Å². The summed E-state index contributed by atoms with van der Waals surface area (Å²) in [5.74, 6) is -0.342. The third-order valence-corrected chi connectivity index (χ3v) is 5.91. The molecule has 1 N–H and O–H groups in total. The molecule has 1 aromatic rings. The molecule has 27 heavy (non-hydrogen) atoms. The number of hydrogen-bond acceptors (Lipinski definition) is 6. The van der Waals surface area contributed by atoms with Crippen LogP contribution in [0.3, 0.4) is 0 Å². The Bertz CT molecular complexity index is 714. The molecule has 0 spiro atoms. The van der Waals surface area contributed by atoms with Gasteiger partial charge in [-0.25, -0.2) is 8.42 Å². The first-order valence-electron chi connectivity index (χ1n) is 8.95. The maximum atomic E-state index is 12.9. The van der Waals surface area contributed by atoms with Gasteiger partial charge in [0.05, 0.1) is 36.9 Å². The number of benzene rings is 1. The van der Waals surface area contributed by atoms with E-state index < -0.39 is 10.0 Å². The Morgan fingerprint density at radius 2 is 1.93 bits per heavy atom. The molecule has 0 radical (unpaired) electrons. The van der Waals surface area contributed by atoms with Gasteiger partial charge in [-0.3, -0.25) is 4.79 Å². The van der Waals surface area contributed by atoms with E-state index in [4.69, 9.17) is 14.2 Å². The molecule has 0 saturated carbocycles. The number of methoxy groups -OCH3 is 1. The van der Waals surface area contributed by atoms with Crippen LogP contribution in [0.1, 0.15) is 24.2 Å². The molecule has 0 unspecified atom stereocenters. The fraction of sp³-hybridized carbons (Fsp3) is 0.611. The molecule has 2 atom stereocenters. The minimum Gasteiger partial charge on any atom is -0.382 e. The minimum atomic E-state index is -3.68. The van der Waals surface area contributed by atoms with Crippen molar-refractivity contribution in [3.8, 4) is 0 Å². The normalized spacial score (nSPS) is 21.1. The van der Waals surface area contributed by atoms with Crippen LogP contribution in [0.4, 0.5) is 0 Å². The molecular formula is C18H28N2O6S. The van der Waals surface area contributed by atoms with Crippen LogP contribution in [0.5, 0.6) is 0 Å². The average Bonchev–Trinajstić information content (AvgIpc) is 2.63. The van der Waals surface area contributed by atoms with Crippen LogP contribution in [0.2, 0.25) is 0 Å². The first-order valence-corrected chi connectivity index (χ1v) is 10.4. The van der Waals surface area contributed by atoms with Gasteiger partial charge in [-0.05, 0) is 32.0 Å². The maximum absolute atomic E-state index is 12.9. The molecule has 1 aliphatic rings. The van der Waals surface area contributed by atoms with Crippen molar-refractivity contribution in [2.75, 3.05) is 46.6 Å². The topological polar surface area (TPSA) is 94.2 Å². The second-order valence-electron chi connectivity index (χ2n) is 6.47. The first kappa shape index (κ1) is 21.8. The molecule has 0 bridgehead atoms. The summed E-state index contributed by atoms with van der Waals surface area (Å²) in [7, 11) is -2.10. The summed E-state index contributed by atoms with van der Waals surface area (Å²) < 4.78 is 43.0. The summed E-state index contributed by atoms with van der Waals surface area (Å²) in [6.07, 6.45) is -0.346. The van der Waals surface area contributed by atoms with Crippen LogP contribution < -0.4 is 5.32 Å². The van der Waals surface area contributed by atoms with E-state index in [0.717, 1.165) is 0 Å².